The van der Waals surface area contributed by atoms with Crippen LogP contribution in [0, 0.1) is 0 Å². The molecule has 0 N–H and O–H groups in total. The summed E-state index contributed by atoms with van der Waals surface area (Å²) in [4.78, 5) is 3.83. The maximum atomic E-state index is 11.4. The third-order valence-corrected chi connectivity index (χ3v) is 3.26. The van der Waals surface area contributed by atoms with Gasteiger partial charge in [-0.15, -0.1) is 0 Å². The van der Waals surface area contributed by atoms with Crippen molar-refractivity contribution in [1.82, 2.24) is 9.55 Å². The van der Waals surface area contributed by atoms with Gasteiger partial charge in [0.25, 0.3) is 0 Å². The number of imidazole rings is 1. The third-order valence-electron chi connectivity index (χ3n) is 2.04. The molecule has 16 heavy (non-hydrogen) atoms. The molecular weight excluding hydrogens is 248 g/mol. The number of hydrogen-bond donors (Lipinski definition) is 0. The number of hydrogen-bond acceptors (Lipinski definition) is 3. The Morgan fingerprint density at radius 3 is 2.44 bits per heavy atom. The minimum atomic E-state index is -3.33. The third kappa shape index (κ3) is 2.10. The predicted octanol–water partition coefficient (Wildman–Crippen LogP) is 1.93. The summed E-state index contributed by atoms with van der Waals surface area (Å²) in [7, 11) is -3.33. The number of aromatic nitrogens is 2. The van der Waals surface area contributed by atoms with Crippen molar-refractivity contribution in [1.29, 1.82) is 0 Å². The normalized spacial score (nSPS) is 11.6. The van der Waals surface area contributed by atoms with Crippen LogP contribution in [-0.4, -0.2) is 24.2 Å². The summed E-state index contributed by atoms with van der Waals surface area (Å²) in [5.41, 5.74) is 0.710. The van der Waals surface area contributed by atoms with E-state index >= 15 is 0 Å². The fourth-order valence-corrected chi connectivity index (χ4v) is 2.26. The minimum absolute atomic E-state index is 0.0230. The van der Waals surface area contributed by atoms with Gasteiger partial charge >= 0.3 is 0 Å². The van der Waals surface area contributed by atoms with Crippen LogP contribution in [0.15, 0.2) is 41.8 Å². The zero-order valence-corrected chi connectivity index (χ0v) is 10.0. The molecule has 1 heterocycles. The van der Waals surface area contributed by atoms with Gasteiger partial charge in [-0.05, 0) is 24.3 Å². The van der Waals surface area contributed by atoms with Crippen molar-refractivity contribution in [3.8, 4) is 5.69 Å². The summed E-state index contributed by atoms with van der Waals surface area (Å²) in [5, 5.41) is 0.625. The highest BCUT2D eigenvalue weighted by Crippen LogP contribution is 2.17. The fraction of sp³-hybridized carbons (Fsp3) is 0.100. The highest BCUT2D eigenvalue weighted by Gasteiger charge is 2.15. The standard InChI is InChI=1S/C10H9ClN2O2S/c1-16(14,15)10-12-6-7-13(10)9-4-2-8(11)3-5-9/h2-7H,1H3. The molecule has 84 valence electrons. The van der Waals surface area contributed by atoms with Gasteiger partial charge in [0.15, 0.2) is 0 Å². The van der Waals surface area contributed by atoms with Gasteiger partial charge in [0.1, 0.15) is 0 Å². The Hall–Kier alpha value is -1.33. The molecule has 2 aromatic rings. The SMILES string of the molecule is CS(=O)(=O)c1nccn1-c1ccc(Cl)cc1. The molecule has 0 aliphatic rings. The van der Waals surface area contributed by atoms with E-state index in [1.165, 1.54) is 10.8 Å². The number of rotatable bonds is 2. The second-order valence-electron chi connectivity index (χ2n) is 3.33. The number of halogens is 1. The van der Waals surface area contributed by atoms with Gasteiger partial charge in [0.05, 0.1) is 0 Å². The second kappa shape index (κ2) is 3.92. The zero-order chi connectivity index (χ0) is 11.8. The Kier molecular flexibility index (Phi) is 2.73. The molecule has 0 spiro atoms. The summed E-state index contributed by atoms with van der Waals surface area (Å²) in [6.07, 6.45) is 4.17. The van der Waals surface area contributed by atoms with E-state index in [1.807, 2.05) is 0 Å². The Morgan fingerprint density at radius 2 is 1.88 bits per heavy atom. The molecule has 0 aliphatic heterocycles. The lowest BCUT2D eigenvalue weighted by Gasteiger charge is -2.05. The van der Waals surface area contributed by atoms with Crippen molar-refractivity contribution in [3.05, 3.63) is 41.7 Å². The molecule has 1 aromatic heterocycles. The Balaban J connectivity index is 2.58. The lowest BCUT2D eigenvalue weighted by molar-refractivity contribution is 0.590. The maximum Gasteiger partial charge on any atom is 0.231 e. The molecule has 4 nitrogen and oxygen atoms in total. The van der Waals surface area contributed by atoms with E-state index in [0.29, 0.717) is 10.7 Å². The Morgan fingerprint density at radius 1 is 1.25 bits per heavy atom. The van der Waals surface area contributed by atoms with Crippen LogP contribution in [0.2, 0.25) is 5.02 Å². The molecule has 0 fully saturated rings. The average Bonchev–Trinajstić information content (AvgIpc) is 2.66. The molecule has 0 atom stereocenters. The molecule has 6 heteroatoms. The first-order valence-corrected chi connectivity index (χ1v) is 6.75. The van der Waals surface area contributed by atoms with Crippen molar-refractivity contribution in [2.45, 2.75) is 5.16 Å². The Labute approximate surface area is 98.4 Å². The first kappa shape index (κ1) is 11.2. The van der Waals surface area contributed by atoms with Crippen LogP contribution >= 0.6 is 11.6 Å². The number of benzene rings is 1. The highest BCUT2D eigenvalue weighted by molar-refractivity contribution is 7.90. The van der Waals surface area contributed by atoms with Gasteiger partial charge in [0.2, 0.25) is 15.0 Å². The Bertz CT molecular complexity index is 602. The first-order valence-electron chi connectivity index (χ1n) is 4.48. The van der Waals surface area contributed by atoms with Crippen LogP contribution in [0.25, 0.3) is 5.69 Å². The van der Waals surface area contributed by atoms with Gasteiger partial charge in [-0.25, -0.2) is 13.4 Å². The molecule has 0 bridgehead atoms. The summed E-state index contributed by atoms with van der Waals surface area (Å²) in [6, 6.07) is 6.86. The zero-order valence-electron chi connectivity index (χ0n) is 8.46. The van der Waals surface area contributed by atoms with Crippen LogP contribution < -0.4 is 0 Å². The van der Waals surface area contributed by atoms with Crippen LogP contribution in [-0.2, 0) is 9.84 Å². The fourth-order valence-electron chi connectivity index (χ4n) is 1.36. The largest absolute Gasteiger partial charge is 0.291 e. The number of sulfone groups is 1. The highest BCUT2D eigenvalue weighted by atomic mass is 35.5. The van der Waals surface area contributed by atoms with E-state index in [1.54, 1.807) is 30.5 Å². The first-order chi connectivity index (χ1) is 7.48. The second-order valence-corrected chi connectivity index (χ2v) is 5.67. The van der Waals surface area contributed by atoms with Crippen LogP contribution in [0.1, 0.15) is 0 Å². The molecule has 0 unspecified atom stereocenters. The van der Waals surface area contributed by atoms with Gasteiger partial charge in [0, 0.05) is 29.4 Å². The summed E-state index contributed by atoms with van der Waals surface area (Å²) in [5.74, 6) is 0. The lowest BCUT2D eigenvalue weighted by Crippen LogP contribution is -2.07. The van der Waals surface area contributed by atoms with Crippen molar-refractivity contribution >= 4 is 21.4 Å². The predicted molar refractivity (Wildman–Crippen MR) is 61.7 cm³/mol. The smallest absolute Gasteiger partial charge is 0.231 e. The van der Waals surface area contributed by atoms with Crippen molar-refractivity contribution < 1.29 is 8.42 Å². The molecule has 0 radical (unpaired) electrons. The summed E-state index contributed by atoms with van der Waals surface area (Å²) >= 11 is 5.76. The topological polar surface area (TPSA) is 52.0 Å². The van der Waals surface area contributed by atoms with Crippen LogP contribution in [0.4, 0.5) is 0 Å². The van der Waals surface area contributed by atoms with E-state index in [9.17, 15) is 8.42 Å². The average molecular weight is 257 g/mol. The van der Waals surface area contributed by atoms with E-state index in [-0.39, 0.29) is 5.16 Å². The van der Waals surface area contributed by atoms with E-state index < -0.39 is 9.84 Å². The van der Waals surface area contributed by atoms with Gasteiger partial charge < -0.3 is 0 Å². The van der Waals surface area contributed by atoms with Gasteiger partial charge in [-0.3, -0.25) is 4.57 Å². The molecule has 0 saturated carbocycles. The molecule has 0 aliphatic carbocycles. The van der Waals surface area contributed by atoms with Gasteiger partial charge in [-0.1, -0.05) is 11.6 Å². The maximum absolute atomic E-state index is 11.4. The molecule has 2 rings (SSSR count). The summed E-state index contributed by atoms with van der Waals surface area (Å²) < 4.78 is 24.4. The van der Waals surface area contributed by atoms with E-state index in [2.05, 4.69) is 4.98 Å². The number of nitrogens with zero attached hydrogens (tertiary/aromatic N) is 2. The molecule has 0 saturated heterocycles. The van der Waals surface area contributed by atoms with Crippen molar-refractivity contribution in [2.75, 3.05) is 6.26 Å². The minimum Gasteiger partial charge on any atom is -0.291 e. The van der Waals surface area contributed by atoms with E-state index in [0.717, 1.165) is 6.26 Å². The van der Waals surface area contributed by atoms with Crippen LogP contribution in [0.5, 0.6) is 0 Å². The molecular formula is C10H9ClN2O2S. The lowest BCUT2D eigenvalue weighted by atomic mass is 10.3. The van der Waals surface area contributed by atoms with Crippen LogP contribution in [0.3, 0.4) is 0 Å². The van der Waals surface area contributed by atoms with Crippen molar-refractivity contribution in [3.63, 3.8) is 0 Å². The van der Waals surface area contributed by atoms with Crippen molar-refractivity contribution in [2.24, 2.45) is 0 Å². The summed E-state index contributed by atoms with van der Waals surface area (Å²) in [6.45, 7) is 0. The monoisotopic (exact) mass is 256 g/mol. The van der Waals surface area contributed by atoms with E-state index in [4.69, 9.17) is 11.6 Å². The molecule has 0 amide bonds. The molecule has 1 aromatic carbocycles. The van der Waals surface area contributed by atoms with Gasteiger partial charge in [-0.2, -0.15) is 0 Å². The quantitative estimate of drug-likeness (QED) is 0.825.